The number of likely N-dealkylation sites (tertiary alicyclic amines) is 1. The number of hydrogen-bond acceptors (Lipinski definition) is 3. The van der Waals surface area contributed by atoms with E-state index >= 15 is 0 Å². The quantitative estimate of drug-likeness (QED) is 0.719. The summed E-state index contributed by atoms with van der Waals surface area (Å²) in [6, 6.07) is 10.5. The molecule has 5 nitrogen and oxygen atoms in total. The number of hydrogen-bond donors (Lipinski definition) is 0. The molecule has 2 fully saturated rings. The van der Waals surface area contributed by atoms with Gasteiger partial charge in [-0.2, -0.15) is 0 Å². The predicted octanol–water partition coefficient (Wildman–Crippen LogP) is 3.53. The highest BCUT2D eigenvalue weighted by atomic mass is 16.2. The maximum atomic E-state index is 13.3. The molecule has 3 rings (SSSR count). The van der Waals surface area contributed by atoms with Gasteiger partial charge in [-0.15, -0.1) is 0 Å². The van der Waals surface area contributed by atoms with Crippen LogP contribution in [0.1, 0.15) is 52.5 Å². The normalized spacial score (nSPS) is 21.5. The van der Waals surface area contributed by atoms with Gasteiger partial charge in [0.2, 0.25) is 0 Å². The Morgan fingerprint density at radius 3 is 2.22 bits per heavy atom. The Morgan fingerprint density at radius 2 is 1.67 bits per heavy atom. The summed E-state index contributed by atoms with van der Waals surface area (Å²) in [6.45, 7) is 10.7. The Labute approximate surface area is 163 Å². The second-order valence-corrected chi connectivity index (χ2v) is 8.26. The van der Waals surface area contributed by atoms with Gasteiger partial charge in [-0.05, 0) is 52.0 Å². The van der Waals surface area contributed by atoms with Crippen molar-refractivity contribution in [2.45, 2.75) is 71.0 Å². The van der Waals surface area contributed by atoms with Gasteiger partial charge in [-0.1, -0.05) is 37.3 Å². The molecule has 5 heteroatoms. The topological polar surface area (TPSA) is 43.9 Å². The Hall–Kier alpha value is -1.88. The van der Waals surface area contributed by atoms with Crippen molar-refractivity contribution >= 4 is 11.9 Å². The van der Waals surface area contributed by atoms with Crippen LogP contribution in [0, 0.1) is 0 Å². The maximum Gasteiger partial charge on any atom is 0.327 e. The smallest absolute Gasteiger partial charge is 0.309 e. The molecular formula is C22H33N3O2. The van der Waals surface area contributed by atoms with Crippen molar-refractivity contribution in [3.63, 3.8) is 0 Å². The molecule has 3 amide bonds. The van der Waals surface area contributed by atoms with Gasteiger partial charge in [-0.25, -0.2) is 4.79 Å². The third kappa shape index (κ3) is 3.62. The number of benzene rings is 1. The zero-order valence-corrected chi connectivity index (χ0v) is 17.1. The Bertz CT molecular complexity index is 665. The van der Waals surface area contributed by atoms with Gasteiger partial charge in [0, 0.05) is 31.7 Å². The number of rotatable bonds is 6. The van der Waals surface area contributed by atoms with Crippen LogP contribution < -0.4 is 0 Å². The Morgan fingerprint density at radius 1 is 1.04 bits per heavy atom. The van der Waals surface area contributed by atoms with E-state index in [1.165, 1.54) is 10.5 Å². The molecule has 2 heterocycles. The highest BCUT2D eigenvalue weighted by Gasteiger charge is 2.58. The molecule has 0 N–H and O–H groups in total. The minimum absolute atomic E-state index is 0.0133. The standard InChI is InChI=1S/C22H33N3O2/c1-5-18(4)23-15-12-22(13-16-23)20(26)25(17(2)3)21(27)24(22)14-11-19-9-7-6-8-10-19/h6-10,17-18H,5,11-16H2,1-4H3/t18-/m0/s1. The number of imide groups is 1. The van der Waals surface area contributed by atoms with E-state index in [-0.39, 0.29) is 18.0 Å². The zero-order chi connectivity index (χ0) is 19.6. The highest BCUT2D eigenvalue weighted by Crippen LogP contribution is 2.38. The summed E-state index contributed by atoms with van der Waals surface area (Å²) in [7, 11) is 0. The number of amides is 3. The van der Waals surface area contributed by atoms with Crippen LogP contribution in [0.15, 0.2) is 30.3 Å². The fourth-order valence-electron chi connectivity index (χ4n) is 4.47. The number of carbonyl (C=O) groups is 2. The van der Waals surface area contributed by atoms with Crippen molar-refractivity contribution in [2.75, 3.05) is 19.6 Å². The molecule has 0 radical (unpaired) electrons. The monoisotopic (exact) mass is 371 g/mol. The van der Waals surface area contributed by atoms with E-state index in [4.69, 9.17) is 0 Å². The van der Waals surface area contributed by atoms with E-state index in [9.17, 15) is 9.59 Å². The summed E-state index contributed by atoms with van der Waals surface area (Å²) >= 11 is 0. The van der Waals surface area contributed by atoms with E-state index in [1.54, 1.807) is 0 Å². The first kappa shape index (κ1) is 19.9. The summed E-state index contributed by atoms with van der Waals surface area (Å²) < 4.78 is 0. The summed E-state index contributed by atoms with van der Waals surface area (Å²) in [4.78, 5) is 32.3. The van der Waals surface area contributed by atoms with Gasteiger partial charge in [0.15, 0.2) is 0 Å². The molecule has 1 aromatic rings. The van der Waals surface area contributed by atoms with Crippen molar-refractivity contribution in [3.05, 3.63) is 35.9 Å². The second kappa shape index (κ2) is 8.01. The third-order valence-electron chi connectivity index (χ3n) is 6.39. The first-order valence-electron chi connectivity index (χ1n) is 10.3. The van der Waals surface area contributed by atoms with E-state index in [0.29, 0.717) is 12.6 Å². The molecule has 1 spiro atoms. The molecule has 1 atom stereocenters. The molecule has 2 aliphatic rings. The molecule has 27 heavy (non-hydrogen) atoms. The number of nitrogens with zero attached hydrogens (tertiary/aromatic N) is 3. The summed E-state index contributed by atoms with van der Waals surface area (Å²) in [5, 5.41) is 0. The molecule has 148 valence electrons. The van der Waals surface area contributed by atoms with Gasteiger partial charge in [0.25, 0.3) is 5.91 Å². The van der Waals surface area contributed by atoms with Gasteiger partial charge in [0.05, 0.1) is 0 Å². The SMILES string of the molecule is CC[C@H](C)N1CCC2(CC1)C(=O)N(C(C)C)C(=O)N2CCc1ccccc1. The van der Waals surface area contributed by atoms with Crippen molar-refractivity contribution in [1.29, 1.82) is 0 Å². The molecule has 0 aliphatic carbocycles. The molecule has 0 aromatic heterocycles. The number of urea groups is 1. The predicted molar refractivity (Wildman–Crippen MR) is 108 cm³/mol. The van der Waals surface area contributed by atoms with Crippen molar-refractivity contribution in [1.82, 2.24) is 14.7 Å². The first-order valence-corrected chi connectivity index (χ1v) is 10.3. The number of carbonyl (C=O) groups excluding carboxylic acids is 2. The van der Waals surface area contributed by atoms with Gasteiger partial charge in [-0.3, -0.25) is 9.69 Å². The van der Waals surface area contributed by atoms with Crippen LogP contribution in [0.25, 0.3) is 0 Å². The Kier molecular flexibility index (Phi) is 5.89. The third-order valence-corrected chi connectivity index (χ3v) is 6.39. The van der Waals surface area contributed by atoms with Crippen LogP contribution in [0.5, 0.6) is 0 Å². The van der Waals surface area contributed by atoms with Crippen LogP contribution in [0.4, 0.5) is 4.79 Å². The van der Waals surface area contributed by atoms with Crippen LogP contribution in [-0.2, 0) is 11.2 Å². The lowest BCUT2D eigenvalue weighted by Crippen LogP contribution is -2.58. The van der Waals surface area contributed by atoms with Gasteiger partial charge < -0.3 is 9.80 Å². The molecule has 2 saturated heterocycles. The van der Waals surface area contributed by atoms with Crippen LogP contribution in [0.3, 0.4) is 0 Å². The van der Waals surface area contributed by atoms with Crippen molar-refractivity contribution in [3.8, 4) is 0 Å². The van der Waals surface area contributed by atoms with E-state index in [1.807, 2.05) is 36.9 Å². The fourth-order valence-corrected chi connectivity index (χ4v) is 4.47. The molecule has 0 unspecified atom stereocenters. The van der Waals surface area contributed by atoms with Crippen LogP contribution in [-0.4, -0.2) is 63.9 Å². The van der Waals surface area contributed by atoms with Crippen molar-refractivity contribution in [2.24, 2.45) is 0 Å². The van der Waals surface area contributed by atoms with E-state index < -0.39 is 5.54 Å². The van der Waals surface area contributed by atoms with Gasteiger partial charge in [0.1, 0.15) is 5.54 Å². The highest BCUT2D eigenvalue weighted by molar-refractivity contribution is 6.07. The fraction of sp³-hybridized carbons (Fsp3) is 0.636. The number of piperidine rings is 1. The molecule has 1 aromatic carbocycles. The minimum atomic E-state index is -0.653. The summed E-state index contributed by atoms with van der Waals surface area (Å²) in [5.41, 5.74) is 0.549. The lowest BCUT2D eigenvalue weighted by molar-refractivity contribution is -0.137. The van der Waals surface area contributed by atoms with E-state index in [0.717, 1.165) is 38.8 Å². The van der Waals surface area contributed by atoms with Gasteiger partial charge >= 0.3 is 6.03 Å². The first-order chi connectivity index (χ1) is 12.9. The Balaban J connectivity index is 1.82. The lowest BCUT2D eigenvalue weighted by atomic mass is 9.84. The van der Waals surface area contributed by atoms with Crippen molar-refractivity contribution < 1.29 is 9.59 Å². The zero-order valence-electron chi connectivity index (χ0n) is 17.1. The second-order valence-electron chi connectivity index (χ2n) is 8.26. The largest absolute Gasteiger partial charge is 0.327 e. The average molecular weight is 372 g/mol. The van der Waals surface area contributed by atoms with Crippen LogP contribution >= 0.6 is 0 Å². The summed E-state index contributed by atoms with van der Waals surface area (Å²) in [6.07, 6.45) is 3.36. The molecular weight excluding hydrogens is 338 g/mol. The minimum Gasteiger partial charge on any atom is -0.309 e. The molecule has 0 saturated carbocycles. The maximum absolute atomic E-state index is 13.3. The van der Waals surface area contributed by atoms with E-state index in [2.05, 4.69) is 30.9 Å². The molecule has 2 aliphatic heterocycles. The van der Waals surface area contributed by atoms with Crippen LogP contribution in [0.2, 0.25) is 0 Å². The summed E-state index contributed by atoms with van der Waals surface area (Å²) in [5.74, 6) is 0.0133. The molecule has 0 bridgehead atoms. The average Bonchev–Trinajstić information content (AvgIpc) is 2.87. The lowest BCUT2D eigenvalue weighted by Gasteiger charge is -2.44.